The van der Waals surface area contributed by atoms with E-state index in [4.69, 9.17) is 4.74 Å². The van der Waals surface area contributed by atoms with Crippen LogP contribution in [0.15, 0.2) is 48.5 Å². The molecule has 1 N–H and O–H groups in total. The lowest BCUT2D eigenvalue weighted by atomic mass is 9.95. The number of benzene rings is 2. The minimum Gasteiger partial charge on any atom is -0.378 e. The molecule has 5 heteroatoms. The van der Waals surface area contributed by atoms with Crippen LogP contribution in [-0.2, 0) is 10.3 Å². The van der Waals surface area contributed by atoms with Crippen LogP contribution in [0.1, 0.15) is 22.8 Å². The lowest BCUT2D eigenvalue weighted by Crippen LogP contribution is -2.40. The first kappa shape index (κ1) is 17.9. The van der Waals surface area contributed by atoms with Gasteiger partial charge in [0.2, 0.25) is 0 Å². The second-order valence-corrected chi connectivity index (χ2v) is 6.04. The molecule has 4 nitrogen and oxygen atoms in total. The van der Waals surface area contributed by atoms with Gasteiger partial charge in [0.15, 0.2) is 0 Å². The SMILES string of the molecule is CO[C@](C)(CNC(=O)c1cccc(N(C)C)c1)c1ccccc1F. The summed E-state index contributed by atoms with van der Waals surface area (Å²) in [5.74, 6) is -0.580. The molecule has 1 amide bonds. The molecule has 0 saturated carbocycles. The first-order valence-electron chi connectivity index (χ1n) is 7.73. The van der Waals surface area contributed by atoms with Gasteiger partial charge in [0.1, 0.15) is 11.4 Å². The van der Waals surface area contributed by atoms with Crippen molar-refractivity contribution in [1.29, 1.82) is 0 Å². The Morgan fingerprint density at radius 2 is 1.92 bits per heavy atom. The minimum atomic E-state index is -0.944. The Hall–Kier alpha value is -2.40. The van der Waals surface area contributed by atoms with Crippen LogP contribution < -0.4 is 10.2 Å². The van der Waals surface area contributed by atoms with E-state index in [0.717, 1.165) is 5.69 Å². The van der Waals surface area contributed by atoms with Gasteiger partial charge in [-0.2, -0.15) is 0 Å². The predicted molar refractivity (Wildman–Crippen MR) is 93.9 cm³/mol. The topological polar surface area (TPSA) is 41.6 Å². The molecule has 0 heterocycles. The molecular weight excluding hydrogens is 307 g/mol. The third kappa shape index (κ3) is 3.92. The van der Waals surface area contributed by atoms with Crippen LogP contribution >= 0.6 is 0 Å². The van der Waals surface area contributed by atoms with Crippen LogP contribution in [0.5, 0.6) is 0 Å². The molecule has 0 aliphatic heterocycles. The summed E-state index contributed by atoms with van der Waals surface area (Å²) < 4.78 is 19.6. The fraction of sp³-hybridized carbons (Fsp3) is 0.316. The Labute approximate surface area is 142 Å². The minimum absolute atomic E-state index is 0.162. The number of halogens is 1. The molecule has 0 aromatic heterocycles. The number of nitrogens with one attached hydrogen (secondary N) is 1. The van der Waals surface area contributed by atoms with Crippen molar-refractivity contribution in [2.75, 3.05) is 32.6 Å². The third-order valence-corrected chi connectivity index (χ3v) is 4.11. The molecule has 0 spiro atoms. The van der Waals surface area contributed by atoms with Gasteiger partial charge in [-0.15, -0.1) is 0 Å². The van der Waals surface area contributed by atoms with Gasteiger partial charge < -0.3 is 15.0 Å². The van der Waals surface area contributed by atoms with Crippen molar-refractivity contribution in [3.05, 3.63) is 65.5 Å². The summed E-state index contributed by atoms with van der Waals surface area (Å²) >= 11 is 0. The van der Waals surface area contributed by atoms with Gasteiger partial charge in [0.05, 0.1) is 6.54 Å². The molecule has 1 atom stereocenters. The number of rotatable bonds is 6. The molecule has 24 heavy (non-hydrogen) atoms. The van der Waals surface area contributed by atoms with Crippen LogP contribution in [0.3, 0.4) is 0 Å². The van der Waals surface area contributed by atoms with Crippen molar-refractivity contribution >= 4 is 11.6 Å². The zero-order valence-electron chi connectivity index (χ0n) is 14.5. The van der Waals surface area contributed by atoms with E-state index in [1.165, 1.54) is 13.2 Å². The summed E-state index contributed by atoms with van der Waals surface area (Å²) in [5, 5.41) is 2.83. The van der Waals surface area contributed by atoms with Gasteiger partial charge in [0, 0.05) is 38.0 Å². The Morgan fingerprint density at radius 3 is 2.54 bits per heavy atom. The highest BCUT2D eigenvalue weighted by molar-refractivity contribution is 5.95. The van der Waals surface area contributed by atoms with E-state index in [2.05, 4.69) is 5.32 Å². The van der Waals surface area contributed by atoms with Crippen LogP contribution in [0, 0.1) is 5.82 Å². The fourth-order valence-electron chi connectivity index (χ4n) is 2.44. The zero-order chi connectivity index (χ0) is 17.7. The van der Waals surface area contributed by atoms with Crippen molar-refractivity contribution < 1.29 is 13.9 Å². The summed E-state index contributed by atoms with van der Waals surface area (Å²) in [4.78, 5) is 14.3. The molecule has 0 radical (unpaired) electrons. The molecule has 0 fully saturated rings. The van der Waals surface area contributed by atoms with Crippen LogP contribution in [0.25, 0.3) is 0 Å². The van der Waals surface area contributed by atoms with Crippen molar-refractivity contribution in [1.82, 2.24) is 5.32 Å². The number of anilines is 1. The highest BCUT2D eigenvalue weighted by atomic mass is 19.1. The number of amides is 1. The lowest BCUT2D eigenvalue weighted by molar-refractivity contribution is 0.000389. The largest absolute Gasteiger partial charge is 0.378 e. The van der Waals surface area contributed by atoms with Crippen molar-refractivity contribution in [3.8, 4) is 0 Å². The van der Waals surface area contributed by atoms with Crippen LogP contribution in [-0.4, -0.2) is 33.7 Å². The highest BCUT2D eigenvalue weighted by Gasteiger charge is 2.29. The molecule has 2 aromatic carbocycles. The smallest absolute Gasteiger partial charge is 0.251 e. The van der Waals surface area contributed by atoms with E-state index in [1.807, 2.05) is 37.2 Å². The Balaban J connectivity index is 2.15. The number of hydrogen-bond acceptors (Lipinski definition) is 3. The number of ether oxygens (including phenoxy) is 1. The fourth-order valence-corrected chi connectivity index (χ4v) is 2.44. The third-order valence-electron chi connectivity index (χ3n) is 4.11. The standard InChI is InChI=1S/C19H23FN2O2/c1-19(24-4,16-10-5-6-11-17(16)20)13-21-18(23)14-8-7-9-15(12-14)22(2)3/h5-12H,13H2,1-4H3,(H,21,23)/t19-/m1/s1. The molecule has 2 aromatic rings. The molecule has 0 bridgehead atoms. The molecule has 2 rings (SSSR count). The quantitative estimate of drug-likeness (QED) is 0.884. The predicted octanol–water partition coefficient (Wildman–Crippen LogP) is 3.18. The van der Waals surface area contributed by atoms with Gasteiger partial charge >= 0.3 is 0 Å². The number of nitrogens with zero attached hydrogens (tertiary/aromatic N) is 1. The second-order valence-electron chi connectivity index (χ2n) is 6.04. The van der Waals surface area contributed by atoms with E-state index in [0.29, 0.717) is 11.1 Å². The van der Waals surface area contributed by atoms with E-state index in [-0.39, 0.29) is 18.3 Å². The average molecular weight is 330 g/mol. The molecule has 128 valence electrons. The first-order valence-corrected chi connectivity index (χ1v) is 7.73. The van der Waals surface area contributed by atoms with E-state index < -0.39 is 5.60 Å². The summed E-state index contributed by atoms with van der Waals surface area (Å²) in [6, 6.07) is 13.7. The van der Waals surface area contributed by atoms with E-state index in [1.54, 1.807) is 31.2 Å². The van der Waals surface area contributed by atoms with Gasteiger partial charge in [-0.25, -0.2) is 4.39 Å². The Bertz CT molecular complexity index is 718. The number of methoxy groups -OCH3 is 1. The number of hydrogen-bond donors (Lipinski definition) is 1. The summed E-state index contributed by atoms with van der Waals surface area (Å²) in [6.07, 6.45) is 0. The monoisotopic (exact) mass is 330 g/mol. The lowest BCUT2D eigenvalue weighted by Gasteiger charge is -2.29. The second kappa shape index (κ2) is 7.45. The Kier molecular flexibility index (Phi) is 5.57. The summed E-state index contributed by atoms with van der Waals surface area (Å²) in [7, 11) is 5.33. The Morgan fingerprint density at radius 1 is 1.21 bits per heavy atom. The highest BCUT2D eigenvalue weighted by Crippen LogP contribution is 2.26. The first-order chi connectivity index (χ1) is 11.4. The van der Waals surface area contributed by atoms with Crippen molar-refractivity contribution in [2.24, 2.45) is 0 Å². The molecular formula is C19H23FN2O2. The van der Waals surface area contributed by atoms with Crippen molar-refractivity contribution in [2.45, 2.75) is 12.5 Å². The zero-order valence-corrected chi connectivity index (χ0v) is 14.5. The maximum Gasteiger partial charge on any atom is 0.251 e. The van der Waals surface area contributed by atoms with Crippen molar-refractivity contribution in [3.63, 3.8) is 0 Å². The molecule has 0 aliphatic rings. The van der Waals surface area contributed by atoms with Gasteiger partial charge in [-0.3, -0.25) is 4.79 Å². The molecule has 0 aliphatic carbocycles. The maximum atomic E-state index is 14.1. The summed E-state index contributed by atoms with van der Waals surface area (Å²) in [5.41, 5.74) is 0.953. The summed E-state index contributed by atoms with van der Waals surface area (Å²) in [6.45, 7) is 1.91. The number of carbonyl (C=O) groups excluding carboxylic acids is 1. The molecule has 0 unspecified atom stereocenters. The maximum absolute atomic E-state index is 14.1. The normalized spacial score (nSPS) is 13.2. The average Bonchev–Trinajstić information content (AvgIpc) is 2.59. The van der Waals surface area contributed by atoms with Gasteiger partial charge in [-0.05, 0) is 31.2 Å². The van der Waals surface area contributed by atoms with Gasteiger partial charge in [-0.1, -0.05) is 24.3 Å². The van der Waals surface area contributed by atoms with Crippen LogP contribution in [0.2, 0.25) is 0 Å². The van der Waals surface area contributed by atoms with E-state index >= 15 is 0 Å². The van der Waals surface area contributed by atoms with Gasteiger partial charge in [0.25, 0.3) is 5.91 Å². The number of carbonyl (C=O) groups is 1. The van der Waals surface area contributed by atoms with Crippen LogP contribution in [0.4, 0.5) is 10.1 Å². The molecule has 0 saturated heterocycles. The van der Waals surface area contributed by atoms with E-state index in [9.17, 15) is 9.18 Å².